The lowest BCUT2D eigenvalue weighted by Crippen LogP contribution is -2.02. The van der Waals surface area contributed by atoms with Gasteiger partial charge in [0.1, 0.15) is 5.75 Å². The molecular weight excluding hydrogens is 455 g/mol. The van der Waals surface area contributed by atoms with Crippen molar-refractivity contribution < 1.29 is 18.3 Å². The number of ether oxygens (including phenoxy) is 1. The Morgan fingerprint density at radius 1 is 0.600 bits per heavy atom. The Morgan fingerprint density at radius 2 is 1.06 bits per heavy atom. The molecule has 0 aliphatic rings. The second kappa shape index (κ2) is 22.4. The quantitative estimate of drug-likeness (QED) is 0.0969. The number of unbranched alkanes of at least 4 members (excludes halogenated alkanes) is 16. The van der Waals surface area contributed by atoms with Crippen LogP contribution in [0, 0.1) is 0 Å². The van der Waals surface area contributed by atoms with Crippen molar-refractivity contribution in [2.45, 2.75) is 136 Å². The molecule has 0 aromatic heterocycles. The minimum Gasteiger partial charge on any atom is -0.497 e. The molecule has 1 rings (SSSR count). The molecule has 4 nitrogen and oxygen atoms in total. The van der Waals surface area contributed by atoms with Gasteiger partial charge in [0.2, 0.25) is 0 Å². The Kier molecular flexibility index (Phi) is 20.6. The molecule has 1 aromatic rings. The maximum Gasteiger partial charge on any atom is 0.330 e. The van der Waals surface area contributed by atoms with E-state index in [1.807, 2.05) is 24.3 Å². The van der Waals surface area contributed by atoms with E-state index in [1.54, 1.807) is 7.11 Å². The first kappa shape index (κ1) is 32.2. The summed E-state index contributed by atoms with van der Waals surface area (Å²) in [4.78, 5) is 0. The van der Waals surface area contributed by atoms with Crippen molar-refractivity contribution in [3.8, 4) is 5.75 Å². The van der Waals surface area contributed by atoms with Gasteiger partial charge in [0.15, 0.2) is 0 Å². The number of methoxy groups -OCH3 is 1. The van der Waals surface area contributed by atoms with Gasteiger partial charge in [-0.2, -0.15) is 0 Å². The summed E-state index contributed by atoms with van der Waals surface area (Å²) in [7, 11) is -1.39. The molecular formula is C30H55O4P. The first-order chi connectivity index (χ1) is 17.1. The first-order valence-corrected chi connectivity index (χ1v) is 16.4. The molecule has 0 fully saturated rings. The number of hydrogen-bond acceptors (Lipinski definition) is 4. The molecule has 5 heteroatoms. The molecule has 204 valence electrons. The van der Waals surface area contributed by atoms with Gasteiger partial charge in [0, 0.05) is 0 Å². The Hall–Kier alpha value is -0.830. The van der Waals surface area contributed by atoms with E-state index in [2.05, 4.69) is 13.8 Å². The molecule has 0 aliphatic carbocycles. The van der Waals surface area contributed by atoms with Crippen molar-refractivity contribution in [3.63, 3.8) is 0 Å². The van der Waals surface area contributed by atoms with Gasteiger partial charge in [-0.15, -0.1) is 0 Å². The molecule has 0 saturated carbocycles. The van der Waals surface area contributed by atoms with Crippen LogP contribution in [0.1, 0.15) is 135 Å². The summed E-state index contributed by atoms with van der Waals surface area (Å²) in [5.74, 6) is 0.808. The number of benzene rings is 1. The average Bonchev–Trinajstić information content (AvgIpc) is 2.88. The van der Waals surface area contributed by atoms with Crippen molar-refractivity contribution in [1.29, 1.82) is 0 Å². The van der Waals surface area contributed by atoms with E-state index in [1.165, 1.54) is 89.9 Å². The molecule has 0 bridgehead atoms. The van der Waals surface area contributed by atoms with Gasteiger partial charge in [0.25, 0.3) is 0 Å². The summed E-state index contributed by atoms with van der Waals surface area (Å²) in [5.41, 5.74) is 0.980. The Morgan fingerprint density at radius 3 is 1.51 bits per heavy atom. The van der Waals surface area contributed by atoms with Crippen molar-refractivity contribution >= 4 is 7.60 Å². The first-order valence-electron chi connectivity index (χ1n) is 14.6. The standard InChI is InChI=1S/C30H55O4P/c1-4-6-8-9-10-11-12-13-14-15-16-17-18-19-20-21-26-33-35(31,27-7-5-2)34-28-29-22-24-30(32-3)25-23-29/h22-25H,4-21,26-28H2,1-3H3. The minimum atomic E-state index is -3.04. The van der Waals surface area contributed by atoms with Gasteiger partial charge in [-0.3, -0.25) is 4.57 Å². The van der Waals surface area contributed by atoms with E-state index in [9.17, 15) is 4.57 Å². The maximum atomic E-state index is 13.2. The summed E-state index contributed by atoms with van der Waals surface area (Å²) < 4.78 is 30.0. The van der Waals surface area contributed by atoms with Crippen molar-refractivity contribution in [3.05, 3.63) is 29.8 Å². The van der Waals surface area contributed by atoms with Crippen LogP contribution >= 0.6 is 7.60 Å². The van der Waals surface area contributed by atoms with Crippen LogP contribution in [0.25, 0.3) is 0 Å². The molecule has 1 unspecified atom stereocenters. The smallest absolute Gasteiger partial charge is 0.330 e. The third-order valence-electron chi connectivity index (χ3n) is 6.66. The van der Waals surface area contributed by atoms with E-state index in [0.29, 0.717) is 19.4 Å². The van der Waals surface area contributed by atoms with E-state index in [4.69, 9.17) is 13.8 Å². The Balaban J connectivity index is 2.03. The zero-order valence-electron chi connectivity index (χ0n) is 23.2. The Bertz CT molecular complexity index is 632. The predicted octanol–water partition coefficient (Wildman–Crippen LogP) is 10.5. The lowest BCUT2D eigenvalue weighted by atomic mass is 10.0. The zero-order chi connectivity index (χ0) is 25.5. The van der Waals surface area contributed by atoms with Crippen LogP contribution in [0.3, 0.4) is 0 Å². The van der Waals surface area contributed by atoms with Gasteiger partial charge in [-0.1, -0.05) is 129 Å². The highest BCUT2D eigenvalue weighted by molar-refractivity contribution is 7.53. The molecule has 0 amide bonds. The monoisotopic (exact) mass is 510 g/mol. The molecule has 1 atom stereocenters. The molecule has 0 spiro atoms. The van der Waals surface area contributed by atoms with Crippen LogP contribution in [0.5, 0.6) is 5.75 Å². The van der Waals surface area contributed by atoms with Crippen LogP contribution in [-0.4, -0.2) is 19.9 Å². The summed E-state index contributed by atoms with van der Waals surface area (Å²) in [6, 6.07) is 7.68. The lowest BCUT2D eigenvalue weighted by Gasteiger charge is -2.18. The molecule has 35 heavy (non-hydrogen) atoms. The van der Waals surface area contributed by atoms with Gasteiger partial charge >= 0.3 is 7.60 Å². The molecule has 0 heterocycles. The third kappa shape index (κ3) is 18.1. The van der Waals surface area contributed by atoms with Crippen molar-refractivity contribution in [2.24, 2.45) is 0 Å². The van der Waals surface area contributed by atoms with Crippen LogP contribution in [0.4, 0.5) is 0 Å². The predicted molar refractivity (Wildman–Crippen MR) is 151 cm³/mol. The third-order valence-corrected chi connectivity index (χ3v) is 8.62. The largest absolute Gasteiger partial charge is 0.497 e. The summed E-state index contributed by atoms with van der Waals surface area (Å²) in [6.07, 6.45) is 23.9. The number of hydrogen-bond donors (Lipinski definition) is 0. The lowest BCUT2D eigenvalue weighted by molar-refractivity contribution is 0.194. The zero-order valence-corrected chi connectivity index (χ0v) is 24.1. The van der Waals surface area contributed by atoms with E-state index < -0.39 is 7.60 Å². The maximum absolute atomic E-state index is 13.2. The summed E-state index contributed by atoms with van der Waals surface area (Å²) >= 11 is 0. The molecule has 1 aromatic carbocycles. The highest BCUT2D eigenvalue weighted by atomic mass is 31.2. The SMILES string of the molecule is CCCCCCCCCCCCCCCCCCOP(=O)(CCCC)OCc1ccc(OC)cc1. The summed E-state index contributed by atoms with van der Waals surface area (Å²) in [5, 5.41) is 0. The van der Waals surface area contributed by atoms with Crippen LogP contribution < -0.4 is 4.74 Å². The van der Waals surface area contributed by atoms with Gasteiger partial charge in [-0.05, 0) is 30.5 Å². The molecule has 0 saturated heterocycles. The number of rotatable bonds is 25. The van der Waals surface area contributed by atoms with E-state index in [0.717, 1.165) is 37.0 Å². The van der Waals surface area contributed by atoms with Gasteiger partial charge in [0.05, 0.1) is 26.5 Å². The van der Waals surface area contributed by atoms with Gasteiger partial charge < -0.3 is 13.8 Å². The van der Waals surface area contributed by atoms with Crippen LogP contribution in [0.2, 0.25) is 0 Å². The normalized spacial score (nSPS) is 13.1. The minimum absolute atomic E-state index is 0.309. The fourth-order valence-electron chi connectivity index (χ4n) is 4.27. The molecule has 0 radical (unpaired) electrons. The fourth-order valence-corrected chi connectivity index (χ4v) is 6.06. The second-order valence-electron chi connectivity index (χ2n) is 9.95. The van der Waals surface area contributed by atoms with E-state index >= 15 is 0 Å². The Labute approximate surface area is 217 Å². The topological polar surface area (TPSA) is 44.8 Å². The summed E-state index contributed by atoms with van der Waals surface area (Å²) in [6.45, 7) is 5.22. The van der Waals surface area contributed by atoms with Crippen LogP contribution in [-0.2, 0) is 20.2 Å². The molecule has 0 aliphatic heterocycles. The fraction of sp³-hybridized carbons (Fsp3) is 0.800. The highest BCUT2D eigenvalue weighted by Crippen LogP contribution is 2.50. The second-order valence-corrected chi connectivity index (χ2v) is 12.1. The van der Waals surface area contributed by atoms with Crippen molar-refractivity contribution in [2.75, 3.05) is 19.9 Å². The average molecular weight is 511 g/mol. The molecule has 0 N–H and O–H groups in total. The van der Waals surface area contributed by atoms with Crippen LogP contribution in [0.15, 0.2) is 24.3 Å². The highest BCUT2D eigenvalue weighted by Gasteiger charge is 2.23. The van der Waals surface area contributed by atoms with E-state index in [-0.39, 0.29) is 0 Å². The van der Waals surface area contributed by atoms with Gasteiger partial charge in [-0.25, -0.2) is 0 Å². The van der Waals surface area contributed by atoms with Crippen molar-refractivity contribution in [1.82, 2.24) is 0 Å².